The van der Waals surface area contributed by atoms with E-state index in [1.807, 2.05) is 0 Å². The molecule has 2 unspecified atom stereocenters. The van der Waals surface area contributed by atoms with Gasteiger partial charge in [0.15, 0.2) is 0 Å². The first-order chi connectivity index (χ1) is 7.08. The van der Waals surface area contributed by atoms with Gasteiger partial charge < -0.3 is 5.32 Å². The third-order valence-corrected chi connectivity index (χ3v) is 3.89. The Hall–Kier alpha value is -0.400. The molecule has 1 N–H and O–H groups in total. The number of hydrogen-bond donors (Lipinski definition) is 1. The monoisotopic (exact) mass is 228 g/mol. The van der Waals surface area contributed by atoms with Crippen LogP contribution in [-0.2, 0) is 10.8 Å². The minimum absolute atomic E-state index is 0.272. The van der Waals surface area contributed by atoms with Gasteiger partial charge in [-0.25, -0.2) is 0 Å². The first kappa shape index (κ1) is 12.7. The van der Waals surface area contributed by atoms with E-state index < -0.39 is 10.8 Å². The highest BCUT2D eigenvalue weighted by Gasteiger charge is 2.42. The average Bonchev–Trinajstić information content (AvgIpc) is 2.93. The third kappa shape index (κ3) is 4.76. The minimum atomic E-state index is -0.691. The summed E-state index contributed by atoms with van der Waals surface area (Å²) in [6.07, 6.45) is 5.73. The Kier molecular flexibility index (Phi) is 4.75. The van der Waals surface area contributed by atoms with Crippen molar-refractivity contribution in [2.45, 2.75) is 38.6 Å². The van der Waals surface area contributed by atoms with E-state index >= 15 is 0 Å². The van der Waals surface area contributed by atoms with Gasteiger partial charge in [0, 0.05) is 41.8 Å². The van der Waals surface area contributed by atoms with Crippen LogP contribution in [0.1, 0.15) is 32.6 Å². The van der Waals surface area contributed by atoms with Crippen molar-refractivity contribution >= 4 is 10.8 Å². The van der Waals surface area contributed by atoms with Crippen molar-refractivity contribution in [2.75, 3.05) is 18.6 Å². The molecule has 1 fully saturated rings. The number of rotatable bonds is 7. The lowest BCUT2D eigenvalue weighted by atomic mass is 10.0. The summed E-state index contributed by atoms with van der Waals surface area (Å²) in [5, 5.41) is 12.1. The zero-order valence-corrected chi connectivity index (χ0v) is 10.4. The summed E-state index contributed by atoms with van der Waals surface area (Å²) >= 11 is 0. The quantitative estimate of drug-likeness (QED) is 0.717. The Morgan fingerprint density at radius 1 is 1.60 bits per heavy atom. The maximum atomic E-state index is 10.9. The fourth-order valence-corrected chi connectivity index (χ4v) is 2.28. The van der Waals surface area contributed by atoms with E-state index in [1.54, 1.807) is 6.26 Å². The molecule has 0 aliphatic heterocycles. The molecule has 1 saturated carbocycles. The van der Waals surface area contributed by atoms with Crippen molar-refractivity contribution in [3.8, 4) is 6.07 Å². The van der Waals surface area contributed by atoms with Crippen LogP contribution in [0.3, 0.4) is 0 Å². The first-order valence-electron chi connectivity index (χ1n) is 5.48. The number of nitrogens with zero attached hydrogens (tertiary/aromatic N) is 1. The van der Waals surface area contributed by atoms with Crippen molar-refractivity contribution in [3.63, 3.8) is 0 Å². The SMILES string of the molecule is CC(CCS(C)=O)NCC1(CC#N)CC1. The van der Waals surface area contributed by atoms with Crippen LogP contribution in [0.4, 0.5) is 0 Å². The van der Waals surface area contributed by atoms with Gasteiger partial charge in [0.05, 0.1) is 6.07 Å². The van der Waals surface area contributed by atoms with Gasteiger partial charge in [-0.1, -0.05) is 0 Å². The van der Waals surface area contributed by atoms with Crippen LogP contribution >= 0.6 is 0 Å². The highest BCUT2D eigenvalue weighted by molar-refractivity contribution is 7.84. The highest BCUT2D eigenvalue weighted by Crippen LogP contribution is 2.47. The molecule has 2 atom stereocenters. The molecule has 0 radical (unpaired) electrons. The second-order valence-electron chi connectivity index (χ2n) is 4.68. The van der Waals surface area contributed by atoms with Gasteiger partial charge in [0.25, 0.3) is 0 Å². The van der Waals surface area contributed by atoms with Gasteiger partial charge >= 0.3 is 0 Å². The van der Waals surface area contributed by atoms with Crippen LogP contribution in [0.15, 0.2) is 0 Å². The maximum Gasteiger partial charge on any atom is 0.0628 e. The molecule has 0 aromatic carbocycles. The number of nitriles is 1. The molecule has 1 rings (SSSR count). The molecule has 3 nitrogen and oxygen atoms in total. The standard InChI is InChI=1S/C11H20N2OS/c1-10(3-8-15(2)14)13-9-11(4-5-11)6-7-12/h10,13H,3-6,8-9H2,1-2H3. The van der Waals surface area contributed by atoms with Crippen molar-refractivity contribution < 1.29 is 4.21 Å². The first-order valence-corrected chi connectivity index (χ1v) is 7.21. The van der Waals surface area contributed by atoms with Crippen LogP contribution < -0.4 is 5.32 Å². The molecule has 0 spiro atoms. The normalized spacial score (nSPS) is 21.7. The Morgan fingerprint density at radius 3 is 2.73 bits per heavy atom. The van der Waals surface area contributed by atoms with E-state index in [1.165, 1.54) is 12.8 Å². The summed E-state index contributed by atoms with van der Waals surface area (Å²) in [6, 6.07) is 2.66. The van der Waals surface area contributed by atoms with Crippen molar-refractivity contribution in [2.24, 2.45) is 5.41 Å². The van der Waals surface area contributed by atoms with Crippen LogP contribution in [0.25, 0.3) is 0 Å². The maximum absolute atomic E-state index is 10.9. The predicted octanol–water partition coefficient (Wildman–Crippen LogP) is 1.43. The molecule has 0 saturated heterocycles. The summed E-state index contributed by atoms with van der Waals surface area (Å²) in [7, 11) is -0.691. The van der Waals surface area contributed by atoms with E-state index in [0.717, 1.165) is 18.7 Å². The van der Waals surface area contributed by atoms with Crippen LogP contribution in [-0.4, -0.2) is 28.8 Å². The van der Waals surface area contributed by atoms with Gasteiger partial charge in [-0.05, 0) is 31.6 Å². The number of hydrogen-bond acceptors (Lipinski definition) is 3. The molecule has 1 aliphatic carbocycles. The zero-order valence-electron chi connectivity index (χ0n) is 9.58. The molecule has 0 bridgehead atoms. The molecule has 1 aliphatic rings. The summed E-state index contributed by atoms with van der Waals surface area (Å²) in [6.45, 7) is 3.06. The molecule has 0 amide bonds. The summed E-state index contributed by atoms with van der Waals surface area (Å²) in [4.78, 5) is 0. The van der Waals surface area contributed by atoms with Crippen molar-refractivity contribution in [1.29, 1.82) is 5.26 Å². The Balaban J connectivity index is 2.14. The summed E-state index contributed by atoms with van der Waals surface area (Å²) in [5.41, 5.74) is 0.272. The smallest absolute Gasteiger partial charge is 0.0628 e. The number of nitrogens with one attached hydrogen (secondary N) is 1. The lowest BCUT2D eigenvalue weighted by Gasteiger charge is -2.17. The van der Waals surface area contributed by atoms with Crippen molar-refractivity contribution in [3.05, 3.63) is 0 Å². The molecule has 15 heavy (non-hydrogen) atoms. The second-order valence-corrected chi connectivity index (χ2v) is 6.24. The van der Waals surface area contributed by atoms with Gasteiger partial charge in [0.2, 0.25) is 0 Å². The highest BCUT2D eigenvalue weighted by atomic mass is 32.2. The van der Waals surface area contributed by atoms with E-state index in [0.29, 0.717) is 12.5 Å². The Bertz CT molecular complexity index is 268. The minimum Gasteiger partial charge on any atom is -0.314 e. The molecule has 0 heterocycles. The second kappa shape index (κ2) is 5.62. The summed E-state index contributed by atoms with van der Waals surface area (Å²) in [5.74, 6) is 0.763. The van der Waals surface area contributed by atoms with E-state index in [9.17, 15) is 4.21 Å². The van der Waals surface area contributed by atoms with E-state index in [-0.39, 0.29) is 5.41 Å². The predicted molar refractivity (Wildman–Crippen MR) is 62.9 cm³/mol. The Labute approximate surface area is 94.7 Å². The molecular formula is C11H20N2OS. The van der Waals surface area contributed by atoms with E-state index in [4.69, 9.17) is 5.26 Å². The molecule has 0 aromatic rings. The van der Waals surface area contributed by atoms with Gasteiger partial charge in [-0.3, -0.25) is 4.21 Å². The lowest BCUT2D eigenvalue weighted by molar-refractivity contribution is 0.422. The van der Waals surface area contributed by atoms with Crippen LogP contribution in [0, 0.1) is 16.7 Å². The van der Waals surface area contributed by atoms with E-state index in [2.05, 4.69) is 18.3 Å². The molecular weight excluding hydrogens is 208 g/mol. The van der Waals surface area contributed by atoms with Gasteiger partial charge in [-0.15, -0.1) is 0 Å². The fourth-order valence-electron chi connectivity index (χ4n) is 1.60. The average molecular weight is 228 g/mol. The Morgan fingerprint density at radius 2 is 2.27 bits per heavy atom. The molecule has 0 aromatic heterocycles. The van der Waals surface area contributed by atoms with Crippen LogP contribution in [0.2, 0.25) is 0 Å². The molecule has 4 heteroatoms. The van der Waals surface area contributed by atoms with Gasteiger partial charge in [0.1, 0.15) is 0 Å². The topological polar surface area (TPSA) is 52.9 Å². The summed E-state index contributed by atoms with van der Waals surface area (Å²) < 4.78 is 10.9. The molecule has 86 valence electrons. The van der Waals surface area contributed by atoms with Crippen molar-refractivity contribution in [1.82, 2.24) is 5.32 Å². The third-order valence-electron chi connectivity index (χ3n) is 3.08. The largest absolute Gasteiger partial charge is 0.314 e. The lowest BCUT2D eigenvalue weighted by Crippen LogP contribution is -2.32. The fraction of sp³-hybridized carbons (Fsp3) is 0.909. The van der Waals surface area contributed by atoms with Gasteiger partial charge in [-0.2, -0.15) is 5.26 Å². The zero-order chi connectivity index (χ0) is 11.3. The van der Waals surface area contributed by atoms with Crippen LogP contribution in [0.5, 0.6) is 0 Å².